The van der Waals surface area contributed by atoms with E-state index in [0.29, 0.717) is 19.5 Å². The standard InChI is InChI=1S/C13H19N3O3S/c1-11-2-4-12(5-3-11)10-13(17)15-6-8-16(9-7-15)20(14,18)19/h2-5H,6-10H2,1H3,(H2,14,18,19). The number of nitrogens with two attached hydrogens (primary N) is 1. The molecule has 0 aromatic heterocycles. The van der Waals surface area contributed by atoms with E-state index in [9.17, 15) is 13.2 Å². The highest BCUT2D eigenvalue weighted by molar-refractivity contribution is 7.86. The second-order valence-corrected chi connectivity index (χ2v) is 6.53. The lowest BCUT2D eigenvalue weighted by atomic mass is 10.1. The van der Waals surface area contributed by atoms with Gasteiger partial charge in [0.1, 0.15) is 0 Å². The molecule has 0 aliphatic carbocycles. The van der Waals surface area contributed by atoms with Gasteiger partial charge in [0.15, 0.2) is 0 Å². The number of amides is 1. The predicted octanol–water partition coefficient (Wildman–Crippen LogP) is -0.115. The highest BCUT2D eigenvalue weighted by Crippen LogP contribution is 2.09. The molecule has 1 fully saturated rings. The Morgan fingerprint density at radius 1 is 1.15 bits per heavy atom. The van der Waals surface area contributed by atoms with Crippen LogP contribution in [0.4, 0.5) is 0 Å². The second-order valence-electron chi connectivity index (χ2n) is 4.99. The largest absolute Gasteiger partial charge is 0.340 e. The number of rotatable bonds is 3. The molecule has 0 bridgehead atoms. The molecule has 2 N–H and O–H groups in total. The molecule has 0 spiro atoms. The van der Waals surface area contributed by atoms with Crippen LogP contribution < -0.4 is 5.14 Å². The average Bonchev–Trinajstić information content (AvgIpc) is 2.40. The van der Waals surface area contributed by atoms with E-state index in [1.807, 2.05) is 31.2 Å². The number of hydrogen-bond acceptors (Lipinski definition) is 3. The molecule has 6 nitrogen and oxygen atoms in total. The lowest BCUT2D eigenvalue weighted by Gasteiger charge is -2.33. The topological polar surface area (TPSA) is 83.7 Å². The average molecular weight is 297 g/mol. The van der Waals surface area contributed by atoms with Gasteiger partial charge in [0, 0.05) is 26.2 Å². The van der Waals surface area contributed by atoms with Crippen LogP contribution in [-0.4, -0.2) is 49.7 Å². The Bertz CT molecular complexity index is 575. The van der Waals surface area contributed by atoms with Gasteiger partial charge in [0.05, 0.1) is 6.42 Å². The minimum Gasteiger partial charge on any atom is -0.340 e. The van der Waals surface area contributed by atoms with E-state index in [4.69, 9.17) is 5.14 Å². The summed E-state index contributed by atoms with van der Waals surface area (Å²) in [6.45, 7) is 3.30. The van der Waals surface area contributed by atoms with Crippen molar-refractivity contribution in [2.75, 3.05) is 26.2 Å². The quantitative estimate of drug-likeness (QED) is 0.844. The maximum atomic E-state index is 12.1. The molecule has 110 valence electrons. The fraction of sp³-hybridized carbons (Fsp3) is 0.462. The molecule has 1 heterocycles. The van der Waals surface area contributed by atoms with Gasteiger partial charge in [-0.25, -0.2) is 5.14 Å². The lowest BCUT2D eigenvalue weighted by molar-refractivity contribution is -0.131. The number of piperazine rings is 1. The van der Waals surface area contributed by atoms with Crippen molar-refractivity contribution in [3.63, 3.8) is 0 Å². The van der Waals surface area contributed by atoms with Gasteiger partial charge in [-0.1, -0.05) is 29.8 Å². The molecule has 20 heavy (non-hydrogen) atoms. The van der Waals surface area contributed by atoms with Crippen LogP contribution in [0.25, 0.3) is 0 Å². The number of carbonyl (C=O) groups is 1. The van der Waals surface area contributed by atoms with Crippen molar-refractivity contribution in [1.82, 2.24) is 9.21 Å². The van der Waals surface area contributed by atoms with Crippen molar-refractivity contribution in [1.29, 1.82) is 0 Å². The van der Waals surface area contributed by atoms with Crippen molar-refractivity contribution in [3.8, 4) is 0 Å². The molecular formula is C13H19N3O3S. The molecule has 1 saturated heterocycles. The Labute approximate surface area is 119 Å². The number of aryl methyl sites for hydroxylation is 1. The second kappa shape index (κ2) is 5.90. The molecule has 0 radical (unpaired) electrons. The Morgan fingerprint density at radius 3 is 2.20 bits per heavy atom. The molecule has 1 aliphatic heterocycles. The zero-order chi connectivity index (χ0) is 14.8. The van der Waals surface area contributed by atoms with Crippen molar-refractivity contribution < 1.29 is 13.2 Å². The van der Waals surface area contributed by atoms with E-state index in [-0.39, 0.29) is 19.0 Å². The number of hydrogen-bond donors (Lipinski definition) is 1. The smallest absolute Gasteiger partial charge is 0.277 e. The Hall–Kier alpha value is -1.44. The summed E-state index contributed by atoms with van der Waals surface area (Å²) in [7, 11) is -3.64. The molecular weight excluding hydrogens is 278 g/mol. The molecule has 7 heteroatoms. The lowest BCUT2D eigenvalue weighted by Crippen LogP contribution is -2.52. The number of benzene rings is 1. The van der Waals surface area contributed by atoms with E-state index >= 15 is 0 Å². The van der Waals surface area contributed by atoms with Gasteiger partial charge in [-0.05, 0) is 12.5 Å². The number of nitrogens with zero attached hydrogens (tertiary/aromatic N) is 2. The third-order valence-corrected chi connectivity index (χ3v) is 4.51. The van der Waals surface area contributed by atoms with Crippen LogP contribution in [0.2, 0.25) is 0 Å². The van der Waals surface area contributed by atoms with E-state index in [0.717, 1.165) is 11.1 Å². The van der Waals surface area contributed by atoms with Gasteiger partial charge in [0.25, 0.3) is 10.2 Å². The van der Waals surface area contributed by atoms with Crippen LogP contribution in [0.5, 0.6) is 0 Å². The molecule has 1 aliphatic rings. The fourth-order valence-electron chi connectivity index (χ4n) is 2.18. The monoisotopic (exact) mass is 297 g/mol. The Morgan fingerprint density at radius 2 is 1.70 bits per heavy atom. The Balaban J connectivity index is 1.90. The first kappa shape index (κ1) is 15.0. The maximum absolute atomic E-state index is 12.1. The van der Waals surface area contributed by atoms with Gasteiger partial charge in [-0.2, -0.15) is 12.7 Å². The van der Waals surface area contributed by atoms with Crippen LogP contribution >= 0.6 is 0 Å². The first-order chi connectivity index (χ1) is 9.36. The van der Waals surface area contributed by atoms with Crippen LogP contribution in [0, 0.1) is 6.92 Å². The van der Waals surface area contributed by atoms with Crippen LogP contribution in [-0.2, 0) is 21.4 Å². The number of carbonyl (C=O) groups excluding carboxylic acids is 1. The molecule has 0 unspecified atom stereocenters. The molecule has 1 aromatic rings. The highest BCUT2D eigenvalue weighted by Gasteiger charge is 2.26. The zero-order valence-electron chi connectivity index (χ0n) is 11.4. The fourth-order valence-corrected chi connectivity index (χ4v) is 2.86. The summed E-state index contributed by atoms with van der Waals surface area (Å²) in [6, 6.07) is 7.82. The van der Waals surface area contributed by atoms with Gasteiger partial charge < -0.3 is 4.90 Å². The van der Waals surface area contributed by atoms with Crippen molar-refractivity contribution in [3.05, 3.63) is 35.4 Å². The van der Waals surface area contributed by atoms with Crippen LogP contribution in [0.15, 0.2) is 24.3 Å². The van der Waals surface area contributed by atoms with Crippen molar-refractivity contribution in [2.45, 2.75) is 13.3 Å². The summed E-state index contributed by atoms with van der Waals surface area (Å²) in [5.41, 5.74) is 2.12. The summed E-state index contributed by atoms with van der Waals surface area (Å²) in [6.07, 6.45) is 0.343. The van der Waals surface area contributed by atoms with Crippen molar-refractivity contribution >= 4 is 16.1 Å². The summed E-state index contributed by atoms with van der Waals surface area (Å²) in [5, 5.41) is 5.06. The third-order valence-electron chi connectivity index (χ3n) is 3.43. The summed E-state index contributed by atoms with van der Waals surface area (Å²) in [5.74, 6) is 0.0166. The molecule has 2 rings (SSSR count). The van der Waals surface area contributed by atoms with Gasteiger partial charge in [-0.3, -0.25) is 4.79 Å². The Kier molecular flexibility index (Phi) is 4.42. The molecule has 1 aromatic carbocycles. The van der Waals surface area contributed by atoms with Crippen molar-refractivity contribution in [2.24, 2.45) is 5.14 Å². The van der Waals surface area contributed by atoms with E-state index in [1.165, 1.54) is 4.31 Å². The van der Waals surface area contributed by atoms with E-state index in [2.05, 4.69) is 0 Å². The highest BCUT2D eigenvalue weighted by atomic mass is 32.2. The third kappa shape index (κ3) is 3.78. The normalized spacial score (nSPS) is 17.2. The van der Waals surface area contributed by atoms with Gasteiger partial charge in [0.2, 0.25) is 5.91 Å². The minimum atomic E-state index is -3.64. The minimum absolute atomic E-state index is 0.0166. The van der Waals surface area contributed by atoms with Gasteiger partial charge in [-0.15, -0.1) is 0 Å². The maximum Gasteiger partial charge on any atom is 0.277 e. The molecule has 1 amide bonds. The first-order valence-electron chi connectivity index (χ1n) is 6.47. The first-order valence-corrected chi connectivity index (χ1v) is 7.98. The summed E-state index contributed by atoms with van der Waals surface area (Å²) >= 11 is 0. The van der Waals surface area contributed by atoms with Crippen LogP contribution in [0.3, 0.4) is 0 Å². The van der Waals surface area contributed by atoms with E-state index < -0.39 is 10.2 Å². The zero-order valence-corrected chi connectivity index (χ0v) is 12.3. The molecule has 0 atom stereocenters. The SMILES string of the molecule is Cc1ccc(CC(=O)N2CCN(S(N)(=O)=O)CC2)cc1. The summed E-state index contributed by atoms with van der Waals surface area (Å²) < 4.78 is 23.6. The van der Waals surface area contributed by atoms with E-state index in [1.54, 1.807) is 4.90 Å². The summed E-state index contributed by atoms with van der Waals surface area (Å²) in [4.78, 5) is 13.8. The van der Waals surface area contributed by atoms with Gasteiger partial charge >= 0.3 is 0 Å². The predicted molar refractivity (Wildman–Crippen MR) is 76.1 cm³/mol. The van der Waals surface area contributed by atoms with Crippen LogP contribution in [0.1, 0.15) is 11.1 Å². The molecule has 0 saturated carbocycles.